The average Bonchev–Trinajstić information content (AvgIpc) is 1.92. The van der Waals surface area contributed by atoms with Crippen LogP contribution in [0.1, 0.15) is 26.7 Å². The second-order valence-electron chi connectivity index (χ2n) is 2.31. The van der Waals surface area contributed by atoms with Crippen LogP contribution < -0.4 is 5.32 Å². The van der Waals surface area contributed by atoms with Crippen molar-refractivity contribution in [3.63, 3.8) is 0 Å². The number of alkyl halides is 1. The van der Waals surface area contributed by atoms with E-state index in [1.54, 1.807) is 0 Å². The molecule has 62 valence electrons. The number of halogens is 1. The standard InChI is InChI=1S/C5H11FNP.C2H6/c6-5(8)2-1-3-7-4-5;1-2/h7H,1-4,8H2;1-2H3. The van der Waals surface area contributed by atoms with Crippen LogP contribution in [0.25, 0.3) is 0 Å². The van der Waals surface area contributed by atoms with Gasteiger partial charge in [0.1, 0.15) is 5.41 Å². The fourth-order valence-corrected chi connectivity index (χ4v) is 1.24. The van der Waals surface area contributed by atoms with Crippen molar-refractivity contribution in [2.24, 2.45) is 0 Å². The van der Waals surface area contributed by atoms with Crippen molar-refractivity contribution in [3.05, 3.63) is 0 Å². The van der Waals surface area contributed by atoms with E-state index in [1.807, 2.05) is 13.8 Å². The van der Waals surface area contributed by atoms with Crippen molar-refractivity contribution in [1.82, 2.24) is 5.32 Å². The van der Waals surface area contributed by atoms with Gasteiger partial charge in [-0.15, -0.1) is 0 Å². The van der Waals surface area contributed by atoms with Crippen LogP contribution in [-0.4, -0.2) is 18.5 Å². The summed E-state index contributed by atoms with van der Waals surface area (Å²) in [6.45, 7) is 5.47. The summed E-state index contributed by atoms with van der Waals surface area (Å²) in [5.74, 6) is 0. The van der Waals surface area contributed by atoms with Crippen molar-refractivity contribution in [3.8, 4) is 0 Å². The van der Waals surface area contributed by atoms with Crippen LogP contribution in [0.4, 0.5) is 4.39 Å². The van der Waals surface area contributed by atoms with Crippen LogP contribution in [0.2, 0.25) is 0 Å². The predicted molar refractivity (Wildman–Crippen MR) is 47.0 cm³/mol. The summed E-state index contributed by atoms with van der Waals surface area (Å²) >= 11 is 0. The molecule has 0 aromatic rings. The zero-order valence-electron chi connectivity index (χ0n) is 6.78. The van der Waals surface area contributed by atoms with Gasteiger partial charge in [-0.2, -0.15) is 0 Å². The molecule has 1 aliphatic rings. The third kappa shape index (κ3) is 4.19. The van der Waals surface area contributed by atoms with Gasteiger partial charge in [0.05, 0.1) is 0 Å². The van der Waals surface area contributed by atoms with Crippen LogP contribution >= 0.6 is 9.24 Å². The Morgan fingerprint density at radius 3 is 2.30 bits per heavy atom. The van der Waals surface area contributed by atoms with Crippen molar-refractivity contribution in [1.29, 1.82) is 0 Å². The van der Waals surface area contributed by atoms with E-state index in [2.05, 4.69) is 14.6 Å². The summed E-state index contributed by atoms with van der Waals surface area (Å²) in [5, 5.41) is 1.96. The molecule has 1 rings (SSSR count). The first-order valence-corrected chi connectivity index (χ1v) is 4.47. The first-order valence-electron chi connectivity index (χ1n) is 3.89. The van der Waals surface area contributed by atoms with E-state index in [4.69, 9.17) is 0 Å². The fourth-order valence-electron chi connectivity index (χ4n) is 0.892. The van der Waals surface area contributed by atoms with Gasteiger partial charge in [-0.05, 0) is 19.4 Å². The number of rotatable bonds is 0. The molecule has 3 heteroatoms. The van der Waals surface area contributed by atoms with Crippen molar-refractivity contribution in [2.75, 3.05) is 13.1 Å². The lowest BCUT2D eigenvalue weighted by Crippen LogP contribution is -2.37. The molecule has 0 amide bonds. The van der Waals surface area contributed by atoms with Gasteiger partial charge in [0, 0.05) is 6.54 Å². The molecule has 1 fully saturated rings. The number of piperidine rings is 1. The molecule has 0 saturated carbocycles. The van der Waals surface area contributed by atoms with Gasteiger partial charge in [-0.3, -0.25) is 0 Å². The van der Waals surface area contributed by atoms with Gasteiger partial charge in [0.2, 0.25) is 0 Å². The molecule has 10 heavy (non-hydrogen) atoms. The topological polar surface area (TPSA) is 12.0 Å². The molecular weight excluding hydrogens is 148 g/mol. The smallest absolute Gasteiger partial charge is 0.136 e. The maximum atomic E-state index is 12.8. The monoisotopic (exact) mass is 165 g/mol. The minimum atomic E-state index is -1.02. The van der Waals surface area contributed by atoms with Crippen LogP contribution in [0, 0.1) is 0 Å². The first-order chi connectivity index (χ1) is 4.71. The molecule has 0 bridgehead atoms. The van der Waals surface area contributed by atoms with Crippen molar-refractivity contribution < 1.29 is 4.39 Å². The van der Waals surface area contributed by atoms with Gasteiger partial charge in [0.15, 0.2) is 0 Å². The van der Waals surface area contributed by atoms with Crippen LogP contribution in [0.3, 0.4) is 0 Å². The van der Waals surface area contributed by atoms with Gasteiger partial charge in [-0.25, -0.2) is 4.39 Å². The molecule has 1 nitrogen and oxygen atoms in total. The molecule has 0 spiro atoms. The lowest BCUT2D eigenvalue weighted by Gasteiger charge is -2.25. The summed E-state index contributed by atoms with van der Waals surface area (Å²) in [6, 6.07) is 0. The molecular formula is C7H17FNP. The number of hydrogen-bond donors (Lipinski definition) is 1. The molecule has 1 aliphatic heterocycles. The summed E-state index contributed by atoms with van der Waals surface area (Å²) in [7, 11) is 2.23. The highest BCUT2D eigenvalue weighted by Crippen LogP contribution is 2.27. The molecule has 0 radical (unpaired) electrons. The fraction of sp³-hybridized carbons (Fsp3) is 1.00. The van der Waals surface area contributed by atoms with Crippen LogP contribution in [0.15, 0.2) is 0 Å². The van der Waals surface area contributed by atoms with E-state index < -0.39 is 5.41 Å². The molecule has 0 aliphatic carbocycles. The first kappa shape index (κ1) is 10.3. The minimum absolute atomic E-state index is 0.498. The zero-order valence-corrected chi connectivity index (χ0v) is 7.94. The SMILES string of the molecule is CC.FC1(P)CCCNC1. The summed E-state index contributed by atoms with van der Waals surface area (Å²) in [6.07, 6.45) is 1.64. The van der Waals surface area contributed by atoms with Crippen LogP contribution in [0.5, 0.6) is 0 Å². The van der Waals surface area contributed by atoms with Gasteiger partial charge >= 0.3 is 0 Å². The Kier molecular flexibility index (Phi) is 5.20. The Morgan fingerprint density at radius 1 is 1.50 bits per heavy atom. The molecule has 1 saturated heterocycles. The second-order valence-corrected chi connectivity index (χ2v) is 3.35. The molecule has 2 unspecified atom stereocenters. The van der Waals surface area contributed by atoms with Gasteiger partial charge in [-0.1, -0.05) is 23.1 Å². The van der Waals surface area contributed by atoms with E-state index in [0.29, 0.717) is 13.0 Å². The molecule has 1 N–H and O–H groups in total. The van der Waals surface area contributed by atoms with E-state index in [-0.39, 0.29) is 0 Å². The highest BCUT2D eigenvalue weighted by molar-refractivity contribution is 7.18. The maximum absolute atomic E-state index is 12.8. The van der Waals surface area contributed by atoms with Crippen molar-refractivity contribution >= 4 is 9.24 Å². The predicted octanol–water partition coefficient (Wildman–Crippen LogP) is 1.94. The van der Waals surface area contributed by atoms with E-state index in [1.165, 1.54) is 0 Å². The van der Waals surface area contributed by atoms with E-state index >= 15 is 0 Å². The zero-order chi connectivity index (χ0) is 8.04. The largest absolute Gasteiger partial charge is 0.313 e. The van der Waals surface area contributed by atoms with E-state index in [0.717, 1.165) is 13.0 Å². The Morgan fingerprint density at radius 2 is 2.10 bits per heavy atom. The lowest BCUT2D eigenvalue weighted by atomic mass is 10.1. The molecule has 0 aromatic carbocycles. The lowest BCUT2D eigenvalue weighted by molar-refractivity contribution is 0.227. The Hall–Kier alpha value is 0.320. The summed E-state index contributed by atoms with van der Waals surface area (Å²) in [4.78, 5) is 0. The molecule has 2 atom stereocenters. The molecule has 1 heterocycles. The number of hydrogen-bond acceptors (Lipinski definition) is 1. The highest BCUT2D eigenvalue weighted by Gasteiger charge is 2.24. The minimum Gasteiger partial charge on any atom is -0.313 e. The normalized spacial score (nSPS) is 32.4. The Balaban J connectivity index is 0.000000371. The van der Waals surface area contributed by atoms with Gasteiger partial charge < -0.3 is 5.32 Å². The van der Waals surface area contributed by atoms with Crippen LogP contribution in [-0.2, 0) is 0 Å². The number of nitrogens with one attached hydrogen (secondary N) is 1. The quantitative estimate of drug-likeness (QED) is 0.541. The summed E-state index contributed by atoms with van der Waals surface area (Å²) < 4.78 is 12.8. The van der Waals surface area contributed by atoms with Crippen molar-refractivity contribution in [2.45, 2.75) is 32.1 Å². The average molecular weight is 165 g/mol. The molecule has 0 aromatic heterocycles. The van der Waals surface area contributed by atoms with Gasteiger partial charge in [0.25, 0.3) is 0 Å². The highest BCUT2D eigenvalue weighted by atomic mass is 31.0. The van der Waals surface area contributed by atoms with E-state index in [9.17, 15) is 4.39 Å². The maximum Gasteiger partial charge on any atom is 0.136 e. The Bertz CT molecular complexity index is 77.7. The Labute approximate surface area is 65.0 Å². The third-order valence-corrected chi connectivity index (χ3v) is 1.86. The summed E-state index contributed by atoms with van der Waals surface area (Å²) in [5.41, 5.74) is 0. The second kappa shape index (κ2) is 5.03. The third-order valence-electron chi connectivity index (χ3n) is 1.36.